The monoisotopic (exact) mass is 298 g/mol. The van der Waals surface area contributed by atoms with Crippen LogP contribution in [0, 0.1) is 11.6 Å². The second-order valence-electron chi connectivity index (χ2n) is 5.80. The van der Waals surface area contributed by atoms with Crippen LogP contribution in [-0.4, -0.2) is 23.6 Å². The van der Waals surface area contributed by atoms with Gasteiger partial charge >= 0.3 is 0 Å². The van der Waals surface area contributed by atoms with Crippen molar-refractivity contribution >= 4 is 5.91 Å². The molecule has 1 saturated carbocycles. The Morgan fingerprint density at radius 2 is 2.19 bits per heavy atom. The highest BCUT2D eigenvalue weighted by Crippen LogP contribution is 2.34. The molecule has 6 heteroatoms. The molecule has 3 N–H and O–H groups in total. The van der Waals surface area contributed by atoms with Crippen molar-refractivity contribution in [3.05, 3.63) is 29.8 Å². The topological polar surface area (TPSA) is 64.3 Å². The molecule has 116 valence electrons. The maximum Gasteiger partial charge on any atom is 0.237 e. The summed E-state index contributed by atoms with van der Waals surface area (Å²) in [7, 11) is 0. The van der Waals surface area contributed by atoms with Crippen LogP contribution in [0.5, 0.6) is 5.75 Å². The Morgan fingerprint density at radius 1 is 1.48 bits per heavy atom. The van der Waals surface area contributed by atoms with E-state index in [-0.39, 0.29) is 17.9 Å². The summed E-state index contributed by atoms with van der Waals surface area (Å²) in [5.74, 6) is -1.84. The van der Waals surface area contributed by atoms with E-state index >= 15 is 0 Å². The van der Waals surface area contributed by atoms with Gasteiger partial charge in [0.25, 0.3) is 0 Å². The number of rotatable bonds is 5. The predicted octanol–water partition coefficient (Wildman–Crippen LogP) is 2.12. The van der Waals surface area contributed by atoms with Crippen molar-refractivity contribution in [2.45, 2.75) is 50.8 Å². The zero-order chi connectivity index (χ0) is 15.6. The van der Waals surface area contributed by atoms with Gasteiger partial charge in [0.15, 0.2) is 11.6 Å². The fraction of sp³-hybridized carbons (Fsp3) is 0.533. The molecule has 0 heterocycles. The fourth-order valence-electron chi connectivity index (χ4n) is 2.83. The maximum absolute atomic E-state index is 13.6. The molecular formula is C15H20F2N2O2. The SMILES string of the molecule is CC(C)NC1(C(N)=O)CCC(Oc2ccc(F)cc2F)C1. The first-order valence-corrected chi connectivity index (χ1v) is 7.02. The molecule has 0 bridgehead atoms. The molecule has 0 aromatic heterocycles. The van der Waals surface area contributed by atoms with Crippen molar-refractivity contribution in [1.29, 1.82) is 0 Å². The fourth-order valence-corrected chi connectivity index (χ4v) is 2.83. The van der Waals surface area contributed by atoms with Gasteiger partial charge < -0.3 is 15.8 Å². The third-order valence-corrected chi connectivity index (χ3v) is 3.69. The molecule has 1 aliphatic rings. The molecule has 4 nitrogen and oxygen atoms in total. The number of amides is 1. The number of carbonyl (C=O) groups is 1. The Kier molecular flexibility index (Phi) is 4.46. The van der Waals surface area contributed by atoms with Crippen LogP contribution >= 0.6 is 0 Å². The summed E-state index contributed by atoms with van der Waals surface area (Å²) in [5.41, 5.74) is 4.68. The smallest absolute Gasteiger partial charge is 0.237 e. The van der Waals surface area contributed by atoms with Crippen LogP contribution in [0.4, 0.5) is 8.78 Å². The van der Waals surface area contributed by atoms with Crippen LogP contribution in [0.3, 0.4) is 0 Å². The standard InChI is InChI=1S/C15H20F2N2O2/c1-9(2)19-15(14(18)20)6-5-11(8-15)21-13-4-3-10(16)7-12(13)17/h3-4,7,9,11,19H,5-6,8H2,1-2H3,(H2,18,20). The minimum absolute atomic E-state index is 0.00813. The van der Waals surface area contributed by atoms with E-state index in [1.54, 1.807) is 0 Å². The molecule has 0 radical (unpaired) electrons. The first kappa shape index (κ1) is 15.7. The number of ether oxygens (including phenoxy) is 1. The van der Waals surface area contributed by atoms with Gasteiger partial charge in [-0.2, -0.15) is 0 Å². The van der Waals surface area contributed by atoms with E-state index < -0.39 is 23.1 Å². The Labute approximate surface area is 122 Å². The molecule has 0 saturated heterocycles. The van der Waals surface area contributed by atoms with Crippen LogP contribution in [0.25, 0.3) is 0 Å². The molecular weight excluding hydrogens is 278 g/mol. The quantitative estimate of drug-likeness (QED) is 0.875. The van der Waals surface area contributed by atoms with E-state index in [4.69, 9.17) is 10.5 Å². The number of hydrogen-bond acceptors (Lipinski definition) is 3. The zero-order valence-corrected chi connectivity index (χ0v) is 12.2. The van der Waals surface area contributed by atoms with Gasteiger partial charge in [-0.05, 0) is 38.8 Å². The lowest BCUT2D eigenvalue weighted by Gasteiger charge is -2.29. The Morgan fingerprint density at radius 3 is 2.76 bits per heavy atom. The lowest BCUT2D eigenvalue weighted by molar-refractivity contribution is -0.124. The summed E-state index contributed by atoms with van der Waals surface area (Å²) < 4.78 is 32.0. The first-order chi connectivity index (χ1) is 9.82. The number of benzene rings is 1. The number of nitrogens with two attached hydrogens (primary N) is 1. The summed E-state index contributed by atoms with van der Waals surface area (Å²) in [4.78, 5) is 11.7. The molecule has 1 amide bonds. The highest BCUT2D eigenvalue weighted by molar-refractivity contribution is 5.85. The normalized spacial score (nSPS) is 25.3. The van der Waals surface area contributed by atoms with Crippen molar-refractivity contribution in [2.75, 3.05) is 0 Å². The molecule has 1 fully saturated rings. The van der Waals surface area contributed by atoms with Gasteiger partial charge in [-0.3, -0.25) is 4.79 Å². The maximum atomic E-state index is 13.6. The molecule has 2 rings (SSSR count). The minimum atomic E-state index is -0.824. The van der Waals surface area contributed by atoms with Crippen molar-refractivity contribution < 1.29 is 18.3 Å². The van der Waals surface area contributed by atoms with E-state index in [2.05, 4.69) is 5.32 Å². The highest BCUT2D eigenvalue weighted by atomic mass is 19.1. The molecule has 1 aliphatic carbocycles. The van der Waals surface area contributed by atoms with Gasteiger partial charge in [0.2, 0.25) is 5.91 Å². The van der Waals surface area contributed by atoms with Gasteiger partial charge in [0.1, 0.15) is 17.5 Å². The Hall–Kier alpha value is -1.69. The van der Waals surface area contributed by atoms with E-state index in [1.807, 2.05) is 13.8 Å². The van der Waals surface area contributed by atoms with Crippen LogP contribution in [0.1, 0.15) is 33.1 Å². The van der Waals surface area contributed by atoms with Crippen LogP contribution in [-0.2, 0) is 4.79 Å². The van der Waals surface area contributed by atoms with Crippen LogP contribution < -0.4 is 15.8 Å². The van der Waals surface area contributed by atoms with Crippen molar-refractivity contribution in [2.24, 2.45) is 5.73 Å². The summed E-state index contributed by atoms with van der Waals surface area (Å²) in [5, 5.41) is 3.19. The molecule has 0 spiro atoms. The van der Waals surface area contributed by atoms with Crippen molar-refractivity contribution in [3.8, 4) is 5.75 Å². The number of carbonyl (C=O) groups excluding carboxylic acids is 1. The van der Waals surface area contributed by atoms with E-state index in [9.17, 15) is 13.6 Å². The van der Waals surface area contributed by atoms with Gasteiger partial charge in [-0.25, -0.2) is 8.78 Å². The highest BCUT2D eigenvalue weighted by Gasteiger charge is 2.45. The lowest BCUT2D eigenvalue weighted by atomic mass is 9.95. The average molecular weight is 298 g/mol. The molecule has 21 heavy (non-hydrogen) atoms. The number of halogens is 2. The first-order valence-electron chi connectivity index (χ1n) is 7.02. The second-order valence-corrected chi connectivity index (χ2v) is 5.80. The van der Waals surface area contributed by atoms with Gasteiger partial charge in [-0.1, -0.05) is 0 Å². The summed E-state index contributed by atoms with van der Waals surface area (Å²) >= 11 is 0. The molecule has 1 aromatic carbocycles. The summed E-state index contributed by atoms with van der Waals surface area (Å²) in [6.45, 7) is 3.86. The average Bonchev–Trinajstić information content (AvgIpc) is 2.76. The summed E-state index contributed by atoms with van der Waals surface area (Å²) in [6, 6.07) is 3.27. The molecule has 2 atom stereocenters. The van der Waals surface area contributed by atoms with Gasteiger partial charge in [0, 0.05) is 18.5 Å². The third kappa shape index (κ3) is 3.50. The second kappa shape index (κ2) is 5.97. The molecule has 2 unspecified atom stereocenters. The lowest BCUT2D eigenvalue weighted by Crippen LogP contribution is -2.56. The summed E-state index contributed by atoms with van der Waals surface area (Å²) in [6.07, 6.45) is 1.16. The van der Waals surface area contributed by atoms with E-state index in [0.29, 0.717) is 19.3 Å². The largest absolute Gasteiger partial charge is 0.487 e. The Balaban J connectivity index is 2.09. The number of primary amides is 1. The van der Waals surface area contributed by atoms with Crippen molar-refractivity contribution in [3.63, 3.8) is 0 Å². The molecule has 0 aliphatic heterocycles. The third-order valence-electron chi connectivity index (χ3n) is 3.69. The number of hydrogen-bond donors (Lipinski definition) is 2. The zero-order valence-electron chi connectivity index (χ0n) is 12.2. The van der Waals surface area contributed by atoms with E-state index in [1.165, 1.54) is 6.07 Å². The van der Waals surface area contributed by atoms with Crippen LogP contribution in [0.2, 0.25) is 0 Å². The minimum Gasteiger partial charge on any atom is -0.487 e. The predicted molar refractivity (Wildman–Crippen MR) is 74.8 cm³/mol. The number of nitrogens with one attached hydrogen (secondary N) is 1. The van der Waals surface area contributed by atoms with Crippen molar-refractivity contribution in [1.82, 2.24) is 5.32 Å². The molecule has 1 aromatic rings. The Bertz CT molecular complexity index is 536. The van der Waals surface area contributed by atoms with Crippen LogP contribution in [0.15, 0.2) is 18.2 Å². The van der Waals surface area contributed by atoms with Gasteiger partial charge in [0.05, 0.1) is 0 Å². The van der Waals surface area contributed by atoms with E-state index in [0.717, 1.165) is 12.1 Å². The van der Waals surface area contributed by atoms with Gasteiger partial charge in [-0.15, -0.1) is 0 Å².